The van der Waals surface area contributed by atoms with E-state index in [4.69, 9.17) is 27.9 Å². The normalized spacial score (nSPS) is 16.0. The number of carbonyl (C=O) groups is 2. The van der Waals surface area contributed by atoms with Gasteiger partial charge in [-0.15, -0.1) is 11.3 Å². The summed E-state index contributed by atoms with van der Waals surface area (Å²) < 4.78 is 4.92. The number of carbonyl (C=O) groups excluding carboxylic acids is 2. The van der Waals surface area contributed by atoms with E-state index in [1.807, 2.05) is 29.3 Å². The van der Waals surface area contributed by atoms with E-state index in [-0.39, 0.29) is 31.0 Å². The molecule has 0 N–H and O–H groups in total. The van der Waals surface area contributed by atoms with Crippen molar-refractivity contribution in [2.75, 3.05) is 33.4 Å². The lowest BCUT2D eigenvalue weighted by molar-refractivity contribution is -0.143. The number of benzene rings is 1. The monoisotopic (exact) mass is 440 g/mol. The minimum atomic E-state index is -0.288. The molecule has 0 radical (unpaired) electrons. The lowest BCUT2D eigenvalue weighted by Crippen LogP contribution is -2.47. The summed E-state index contributed by atoms with van der Waals surface area (Å²) in [5.41, 5.74) is 1.92. The summed E-state index contributed by atoms with van der Waals surface area (Å²) >= 11 is 14.2. The molecule has 3 rings (SSSR count). The second-order valence-electron chi connectivity index (χ2n) is 6.55. The highest BCUT2D eigenvalue weighted by Crippen LogP contribution is 2.41. The molecular formula is C20H22Cl2N2O3S. The second kappa shape index (κ2) is 9.27. The van der Waals surface area contributed by atoms with Gasteiger partial charge in [-0.2, -0.15) is 0 Å². The van der Waals surface area contributed by atoms with Gasteiger partial charge >= 0.3 is 0 Å². The van der Waals surface area contributed by atoms with Crippen LogP contribution in [0.15, 0.2) is 29.6 Å². The fourth-order valence-electron chi connectivity index (χ4n) is 3.49. The molecule has 0 saturated carbocycles. The molecule has 2 aromatic rings. The maximum atomic E-state index is 13.2. The Morgan fingerprint density at radius 2 is 2.07 bits per heavy atom. The van der Waals surface area contributed by atoms with Gasteiger partial charge in [0, 0.05) is 35.1 Å². The number of amides is 2. The molecule has 1 aliphatic heterocycles. The summed E-state index contributed by atoms with van der Waals surface area (Å²) in [5, 5.41) is 3.11. The van der Waals surface area contributed by atoms with E-state index in [9.17, 15) is 9.59 Å². The Bertz CT molecular complexity index is 871. The van der Waals surface area contributed by atoms with Crippen LogP contribution in [0.3, 0.4) is 0 Å². The number of methoxy groups -OCH3 is 1. The van der Waals surface area contributed by atoms with Crippen LogP contribution in [0.1, 0.15) is 29.0 Å². The molecule has 8 heteroatoms. The van der Waals surface area contributed by atoms with Crippen molar-refractivity contribution in [1.82, 2.24) is 9.80 Å². The molecule has 0 spiro atoms. The molecule has 0 aliphatic carbocycles. The number of hydrogen-bond donors (Lipinski definition) is 0. The first-order valence-corrected chi connectivity index (χ1v) is 10.7. The molecular weight excluding hydrogens is 419 g/mol. The quantitative estimate of drug-likeness (QED) is 0.681. The Hall–Kier alpha value is -1.60. The van der Waals surface area contributed by atoms with Crippen LogP contribution in [0.2, 0.25) is 10.0 Å². The third-order valence-corrected chi connectivity index (χ3v) is 6.43. The number of thiophene rings is 1. The number of hydrogen-bond acceptors (Lipinski definition) is 4. The molecule has 2 amide bonds. The lowest BCUT2D eigenvalue weighted by Gasteiger charge is -2.38. The highest BCUT2D eigenvalue weighted by Gasteiger charge is 2.34. The molecule has 1 aromatic heterocycles. The van der Waals surface area contributed by atoms with E-state index in [1.54, 1.807) is 23.5 Å². The van der Waals surface area contributed by atoms with Crippen molar-refractivity contribution < 1.29 is 14.3 Å². The van der Waals surface area contributed by atoms with Gasteiger partial charge in [0.05, 0.1) is 12.6 Å². The summed E-state index contributed by atoms with van der Waals surface area (Å²) in [4.78, 5) is 30.0. The van der Waals surface area contributed by atoms with Crippen LogP contribution in [-0.4, -0.2) is 55.0 Å². The van der Waals surface area contributed by atoms with Crippen LogP contribution >= 0.6 is 34.5 Å². The Labute approximate surface area is 178 Å². The Kier molecular flexibility index (Phi) is 6.99. The SMILES string of the molecule is CCN(CC(=O)N1CCc2sccc2C1c1ccc(Cl)cc1Cl)C(=O)COC. The summed E-state index contributed by atoms with van der Waals surface area (Å²) in [6.45, 7) is 2.84. The molecule has 0 bridgehead atoms. The van der Waals surface area contributed by atoms with Gasteiger partial charge in [0.1, 0.15) is 6.61 Å². The number of halogens is 2. The third kappa shape index (κ3) is 4.35. The zero-order valence-corrected chi connectivity index (χ0v) is 18.1. The van der Waals surface area contributed by atoms with Gasteiger partial charge in [0.2, 0.25) is 11.8 Å². The maximum Gasteiger partial charge on any atom is 0.249 e. The maximum absolute atomic E-state index is 13.2. The minimum Gasteiger partial charge on any atom is -0.375 e. The molecule has 1 atom stereocenters. The standard InChI is InChI=1S/C20H22Cl2N2O3S/c1-3-23(19(26)12-27-2)11-18(25)24-8-6-17-15(7-9-28-17)20(24)14-5-4-13(21)10-16(14)22/h4-5,7,9-10,20H,3,6,8,11-12H2,1-2H3. The molecule has 5 nitrogen and oxygen atoms in total. The smallest absolute Gasteiger partial charge is 0.249 e. The predicted octanol–water partition coefficient (Wildman–Crippen LogP) is 4.02. The van der Waals surface area contributed by atoms with Gasteiger partial charge in [-0.3, -0.25) is 9.59 Å². The van der Waals surface area contributed by atoms with Crippen LogP contribution < -0.4 is 0 Å². The predicted molar refractivity (Wildman–Crippen MR) is 112 cm³/mol. The number of fused-ring (bicyclic) bond motifs is 1. The van der Waals surface area contributed by atoms with E-state index in [1.165, 1.54) is 16.9 Å². The van der Waals surface area contributed by atoms with Crippen LogP contribution in [0, 0.1) is 0 Å². The van der Waals surface area contributed by atoms with Crippen LogP contribution in [0.4, 0.5) is 0 Å². The summed E-state index contributed by atoms with van der Waals surface area (Å²) in [6, 6.07) is 7.11. The molecule has 1 unspecified atom stereocenters. The van der Waals surface area contributed by atoms with Crippen LogP contribution in [0.25, 0.3) is 0 Å². The fourth-order valence-corrected chi connectivity index (χ4v) is 4.90. The van der Waals surface area contributed by atoms with Gasteiger partial charge in [-0.1, -0.05) is 29.3 Å². The van der Waals surface area contributed by atoms with E-state index in [2.05, 4.69) is 0 Å². The average molecular weight is 441 g/mol. The Morgan fingerprint density at radius 1 is 1.29 bits per heavy atom. The van der Waals surface area contributed by atoms with E-state index in [0.717, 1.165) is 17.5 Å². The van der Waals surface area contributed by atoms with Gasteiger partial charge in [-0.25, -0.2) is 0 Å². The van der Waals surface area contributed by atoms with Crippen LogP contribution in [-0.2, 0) is 20.7 Å². The summed E-state index contributed by atoms with van der Waals surface area (Å²) in [6.07, 6.45) is 0.790. The van der Waals surface area contributed by atoms with Crippen molar-refractivity contribution in [3.05, 3.63) is 55.7 Å². The third-order valence-electron chi connectivity index (χ3n) is 4.87. The van der Waals surface area contributed by atoms with Gasteiger partial charge in [-0.05, 0) is 48.1 Å². The largest absolute Gasteiger partial charge is 0.375 e. The molecule has 0 saturated heterocycles. The average Bonchev–Trinajstić information content (AvgIpc) is 3.14. The minimum absolute atomic E-state index is 0.0138. The van der Waals surface area contributed by atoms with E-state index >= 15 is 0 Å². The molecule has 2 heterocycles. The number of ether oxygens (including phenoxy) is 1. The van der Waals surface area contributed by atoms with Crippen molar-refractivity contribution >= 4 is 46.4 Å². The Balaban J connectivity index is 1.92. The zero-order valence-electron chi connectivity index (χ0n) is 15.8. The molecule has 28 heavy (non-hydrogen) atoms. The topological polar surface area (TPSA) is 49.9 Å². The number of likely N-dealkylation sites (N-methyl/N-ethyl adjacent to an activating group) is 1. The second-order valence-corrected chi connectivity index (χ2v) is 8.39. The first-order chi connectivity index (χ1) is 13.5. The fraction of sp³-hybridized carbons (Fsp3) is 0.400. The van der Waals surface area contributed by atoms with E-state index < -0.39 is 0 Å². The molecule has 0 fully saturated rings. The van der Waals surface area contributed by atoms with Gasteiger partial charge < -0.3 is 14.5 Å². The molecule has 1 aromatic carbocycles. The van der Waals surface area contributed by atoms with Crippen molar-refractivity contribution in [3.63, 3.8) is 0 Å². The first-order valence-electron chi connectivity index (χ1n) is 9.03. The van der Waals surface area contributed by atoms with Crippen LogP contribution in [0.5, 0.6) is 0 Å². The van der Waals surface area contributed by atoms with Crippen molar-refractivity contribution in [2.24, 2.45) is 0 Å². The molecule has 1 aliphatic rings. The van der Waals surface area contributed by atoms with Gasteiger partial charge in [0.25, 0.3) is 0 Å². The Morgan fingerprint density at radius 3 is 2.75 bits per heavy atom. The van der Waals surface area contributed by atoms with Crippen molar-refractivity contribution in [3.8, 4) is 0 Å². The number of rotatable bonds is 6. The van der Waals surface area contributed by atoms with Gasteiger partial charge in [0.15, 0.2) is 0 Å². The molecule has 150 valence electrons. The number of nitrogens with zero attached hydrogens (tertiary/aromatic N) is 2. The highest BCUT2D eigenvalue weighted by atomic mass is 35.5. The zero-order chi connectivity index (χ0) is 20.3. The van der Waals surface area contributed by atoms with Crippen molar-refractivity contribution in [2.45, 2.75) is 19.4 Å². The van der Waals surface area contributed by atoms with E-state index in [0.29, 0.717) is 23.1 Å². The lowest BCUT2D eigenvalue weighted by atomic mass is 9.93. The summed E-state index contributed by atoms with van der Waals surface area (Å²) in [7, 11) is 1.47. The summed E-state index contributed by atoms with van der Waals surface area (Å²) in [5.74, 6) is -0.313. The van der Waals surface area contributed by atoms with Crippen molar-refractivity contribution in [1.29, 1.82) is 0 Å². The highest BCUT2D eigenvalue weighted by molar-refractivity contribution is 7.10. The first kappa shape index (κ1) is 21.1.